The van der Waals surface area contributed by atoms with E-state index >= 15 is 0 Å². The molecule has 0 radical (unpaired) electrons. The van der Waals surface area contributed by atoms with Gasteiger partial charge in [-0.2, -0.15) is 0 Å². The fourth-order valence-electron chi connectivity index (χ4n) is 4.00. The highest BCUT2D eigenvalue weighted by Crippen LogP contribution is 2.28. The minimum Gasteiger partial charge on any atom is -0.481 e. The predicted molar refractivity (Wildman–Crippen MR) is 121 cm³/mol. The molecule has 7 nitrogen and oxygen atoms in total. The van der Waals surface area contributed by atoms with Gasteiger partial charge in [0.1, 0.15) is 5.82 Å². The zero-order valence-electron chi connectivity index (χ0n) is 17.8. The van der Waals surface area contributed by atoms with Gasteiger partial charge in [0.2, 0.25) is 5.95 Å². The fraction of sp³-hybridized carbons (Fsp3) is 0.333. The van der Waals surface area contributed by atoms with E-state index < -0.39 is 5.97 Å². The Bertz CT molecular complexity index is 1060. The number of benzene rings is 1. The van der Waals surface area contributed by atoms with Crippen LogP contribution in [0.1, 0.15) is 36.9 Å². The van der Waals surface area contributed by atoms with Gasteiger partial charge in [0.15, 0.2) is 0 Å². The van der Waals surface area contributed by atoms with E-state index in [-0.39, 0.29) is 12.0 Å². The van der Waals surface area contributed by atoms with E-state index in [0.29, 0.717) is 5.95 Å². The normalized spacial score (nSPS) is 18.4. The van der Waals surface area contributed by atoms with Crippen molar-refractivity contribution in [2.75, 3.05) is 10.6 Å². The Balaban J connectivity index is 1.44. The van der Waals surface area contributed by atoms with Crippen LogP contribution in [0.4, 0.5) is 17.5 Å². The summed E-state index contributed by atoms with van der Waals surface area (Å²) in [5.41, 5.74) is 5.06. The molecule has 0 aliphatic heterocycles. The Morgan fingerprint density at radius 3 is 2.48 bits per heavy atom. The fourth-order valence-corrected chi connectivity index (χ4v) is 4.00. The molecule has 2 aromatic heterocycles. The predicted octanol–water partition coefficient (Wildman–Crippen LogP) is 4.95. The van der Waals surface area contributed by atoms with E-state index in [1.807, 2.05) is 25.3 Å². The number of pyridine rings is 1. The van der Waals surface area contributed by atoms with E-state index in [1.54, 1.807) is 6.20 Å². The van der Waals surface area contributed by atoms with Crippen molar-refractivity contribution in [3.05, 3.63) is 60.0 Å². The van der Waals surface area contributed by atoms with Crippen molar-refractivity contribution in [1.29, 1.82) is 0 Å². The Kier molecular flexibility index (Phi) is 6.11. The number of nitrogens with one attached hydrogen (secondary N) is 2. The van der Waals surface area contributed by atoms with Crippen LogP contribution >= 0.6 is 0 Å². The van der Waals surface area contributed by atoms with Gasteiger partial charge in [-0.05, 0) is 81.0 Å². The van der Waals surface area contributed by atoms with Gasteiger partial charge in [0.05, 0.1) is 5.92 Å². The number of anilines is 3. The average molecular weight is 418 g/mol. The Morgan fingerprint density at radius 2 is 1.81 bits per heavy atom. The molecule has 31 heavy (non-hydrogen) atoms. The van der Waals surface area contributed by atoms with Crippen LogP contribution in [0.25, 0.3) is 11.1 Å². The third-order valence-electron chi connectivity index (χ3n) is 5.65. The summed E-state index contributed by atoms with van der Waals surface area (Å²) < 4.78 is 0. The van der Waals surface area contributed by atoms with Crippen molar-refractivity contribution < 1.29 is 9.90 Å². The van der Waals surface area contributed by atoms with E-state index in [0.717, 1.165) is 59.6 Å². The number of aromatic nitrogens is 3. The molecule has 3 aromatic rings. The monoisotopic (exact) mass is 417 g/mol. The van der Waals surface area contributed by atoms with Crippen molar-refractivity contribution in [2.24, 2.45) is 5.92 Å². The standard InChI is InChI=1S/C24H27N5O2/c1-15-11-19(13-21(12-15)29-24-25-10-9-16(2)27-24)18-5-8-22(26-14-18)28-20-6-3-17(4-7-20)23(30)31/h5,8-14,17,20H,3-4,6-7H2,1-2H3,(H,26,28)(H,30,31)(H,25,27,29)/t17-,20-. The molecule has 0 unspecified atom stereocenters. The highest BCUT2D eigenvalue weighted by molar-refractivity contribution is 5.71. The molecular formula is C24H27N5O2. The molecule has 7 heteroatoms. The molecule has 0 bridgehead atoms. The van der Waals surface area contributed by atoms with Crippen LogP contribution in [0.5, 0.6) is 0 Å². The summed E-state index contributed by atoms with van der Waals surface area (Å²) in [6, 6.07) is 12.4. The van der Waals surface area contributed by atoms with E-state index in [2.05, 4.69) is 56.8 Å². The second-order valence-electron chi connectivity index (χ2n) is 8.20. The summed E-state index contributed by atoms with van der Waals surface area (Å²) in [7, 11) is 0. The van der Waals surface area contributed by atoms with E-state index in [1.165, 1.54) is 0 Å². The lowest BCUT2D eigenvalue weighted by Crippen LogP contribution is -2.29. The zero-order valence-corrected chi connectivity index (χ0v) is 17.8. The first-order valence-corrected chi connectivity index (χ1v) is 10.6. The number of hydrogen-bond acceptors (Lipinski definition) is 6. The highest BCUT2D eigenvalue weighted by atomic mass is 16.4. The van der Waals surface area contributed by atoms with Crippen molar-refractivity contribution in [3.63, 3.8) is 0 Å². The molecule has 3 N–H and O–H groups in total. The number of aryl methyl sites for hydroxylation is 2. The van der Waals surface area contributed by atoms with Crippen LogP contribution in [0.15, 0.2) is 48.8 Å². The topological polar surface area (TPSA) is 100 Å². The molecule has 1 fully saturated rings. The molecular weight excluding hydrogens is 390 g/mol. The molecule has 0 amide bonds. The molecule has 1 aliphatic carbocycles. The molecule has 160 valence electrons. The van der Waals surface area contributed by atoms with Gasteiger partial charge in [0.25, 0.3) is 0 Å². The Hall–Kier alpha value is -3.48. The maximum absolute atomic E-state index is 11.1. The summed E-state index contributed by atoms with van der Waals surface area (Å²) in [5, 5.41) is 15.9. The quantitative estimate of drug-likeness (QED) is 0.521. The van der Waals surface area contributed by atoms with Gasteiger partial charge >= 0.3 is 5.97 Å². The van der Waals surface area contributed by atoms with Crippen LogP contribution < -0.4 is 10.6 Å². The molecule has 2 heterocycles. The first-order chi connectivity index (χ1) is 15.0. The third-order valence-corrected chi connectivity index (χ3v) is 5.65. The van der Waals surface area contributed by atoms with Gasteiger partial charge in [-0.25, -0.2) is 15.0 Å². The molecule has 4 rings (SSSR count). The van der Waals surface area contributed by atoms with Crippen LogP contribution in [-0.4, -0.2) is 32.1 Å². The van der Waals surface area contributed by atoms with Gasteiger partial charge in [0, 0.05) is 35.4 Å². The van der Waals surface area contributed by atoms with Crippen LogP contribution in [-0.2, 0) is 4.79 Å². The number of carbonyl (C=O) groups is 1. The Morgan fingerprint density at radius 1 is 1.00 bits per heavy atom. The maximum atomic E-state index is 11.1. The number of rotatable bonds is 6. The van der Waals surface area contributed by atoms with Gasteiger partial charge < -0.3 is 15.7 Å². The van der Waals surface area contributed by atoms with Crippen LogP contribution in [0, 0.1) is 19.8 Å². The SMILES string of the molecule is Cc1cc(Nc2nccc(C)n2)cc(-c2ccc(N[C@H]3CC[C@H](C(=O)O)CC3)nc2)c1. The number of nitrogens with zero attached hydrogens (tertiary/aromatic N) is 3. The summed E-state index contributed by atoms with van der Waals surface area (Å²) in [5.74, 6) is 0.512. The maximum Gasteiger partial charge on any atom is 0.306 e. The first-order valence-electron chi connectivity index (χ1n) is 10.6. The average Bonchev–Trinajstić information content (AvgIpc) is 2.74. The molecule has 0 spiro atoms. The van der Waals surface area contributed by atoms with E-state index in [4.69, 9.17) is 5.11 Å². The van der Waals surface area contributed by atoms with Crippen molar-refractivity contribution in [1.82, 2.24) is 15.0 Å². The van der Waals surface area contributed by atoms with E-state index in [9.17, 15) is 4.79 Å². The first kappa shape index (κ1) is 20.8. The van der Waals surface area contributed by atoms with Gasteiger partial charge in [-0.3, -0.25) is 4.79 Å². The number of hydrogen-bond donors (Lipinski definition) is 3. The molecule has 1 saturated carbocycles. The Labute approximate surface area is 182 Å². The van der Waals surface area contributed by atoms with Gasteiger partial charge in [-0.15, -0.1) is 0 Å². The number of carboxylic acid groups (broad SMARTS) is 1. The number of carboxylic acids is 1. The number of aliphatic carboxylic acids is 1. The molecule has 1 aliphatic rings. The second-order valence-corrected chi connectivity index (χ2v) is 8.20. The molecule has 1 aromatic carbocycles. The largest absolute Gasteiger partial charge is 0.481 e. The van der Waals surface area contributed by atoms with Crippen LogP contribution in [0.3, 0.4) is 0 Å². The summed E-state index contributed by atoms with van der Waals surface area (Å²) >= 11 is 0. The second kappa shape index (κ2) is 9.12. The van der Waals surface area contributed by atoms with Gasteiger partial charge in [-0.1, -0.05) is 6.07 Å². The summed E-state index contributed by atoms with van der Waals surface area (Å²) in [6.07, 6.45) is 6.75. The smallest absolute Gasteiger partial charge is 0.306 e. The summed E-state index contributed by atoms with van der Waals surface area (Å²) in [4.78, 5) is 24.4. The van der Waals surface area contributed by atoms with Crippen molar-refractivity contribution in [3.8, 4) is 11.1 Å². The summed E-state index contributed by atoms with van der Waals surface area (Å²) in [6.45, 7) is 4.00. The minimum atomic E-state index is -0.679. The minimum absolute atomic E-state index is 0.206. The lowest BCUT2D eigenvalue weighted by atomic mass is 9.86. The lowest BCUT2D eigenvalue weighted by Gasteiger charge is -2.27. The van der Waals surface area contributed by atoms with Crippen molar-refractivity contribution in [2.45, 2.75) is 45.6 Å². The zero-order chi connectivity index (χ0) is 21.8. The van der Waals surface area contributed by atoms with Crippen molar-refractivity contribution >= 4 is 23.4 Å². The van der Waals surface area contributed by atoms with Crippen LogP contribution in [0.2, 0.25) is 0 Å². The highest BCUT2D eigenvalue weighted by Gasteiger charge is 2.25. The third kappa shape index (κ3) is 5.36. The lowest BCUT2D eigenvalue weighted by molar-refractivity contribution is -0.142. The molecule has 0 atom stereocenters. The molecule has 0 saturated heterocycles.